The number of hydrazone groups is 1. The van der Waals surface area contributed by atoms with E-state index in [4.69, 9.17) is 10.00 Å². The quantitative estimate of drug-likeness (QED) is 0.634. The molecule has 26 heavy (non-hydrogen) atoms. The van der Waals surface area contributed by atoms with Crippen LogP contribution < -0.4 is 10.2 Å². The Bertz CT molecular complexity index is 825. The number of nitrogens with one attached hydrogen (secondary N) is 1. The number of carbonyl (C=O) groups is 1. The van der Waals surface area contributed by atoms with Crippen LogP contribution in [0.3, 0.4) is 0 Å². The predicted molar refractivity (Wildman–Crippen MR) is 88.4 cm³/mol. The van der Waals surface area contributed by atoms with E-state index in [9.17, 15) is 18.0 Å². The van der Waals surface area contributed by atoms with E-state index in [0.29, 0.717) is 11.3 Å². The molecule has 2 rings (SSSR count). The van der Waals surface area contributed by atoms with Gasteiger partial charge in [-0.1, -0.05) is 18.2 Å². The topological polar surface area (TPSA) is 74.5 Å². The first-order chi connectivity index (χ1) is 12.4. The van der Waals surface area contributed by atoms with Crippen molar-refractivity contribution in [2.45, 2.75) is 12.6 Å². The maximum atomic E-state index is 12.6. The second-order valence-electron chi connectivity index (χ2n) is 5.18. The van der Waals surface area contributed by atoms with Gasteiger partial charge in [0.1, 0.15) is 11.8 Å². The molecule has 8 heteroatoms. The average Bonchev–Trinajstić information content (AvgIpc) is 2.60. The summed E-state index contributed by atoms with van der Waals surface area (Å²) in [5, 5.41) is 12.2. The largest absolute Gasteiger partial charge is 0.479 e. The molecular weight excluding hydrogens is 347 g/mol. The average molecular weight is 361 g/mol. The first-order valence-electron chi connectivity index (χ1n) is 7.46. The number of benzene rings is 2. The standard InChI is InChI=1S/C18H14F3N3O2/c19-18(20,21)15-3-1-2-14(10-15)11-17(25)24-23-12-13-4-6-16(7-5-13)26-9-8-22/h1-7,10,12H,9,11H2,(H,24,25). The summed E-state index contributed by atoms with van der Waals surface area (Å²) in [7, 11) is 0. The van der Waals surface area contributed by atoms with Crippen LogP contribution in [0.4, 0.5) is 13.2 Å². The summed E-state index contributed by atoms with van der Waals surface area (Å²) < 4.78 is 43.0. The van der Waals surface area contributed by atoms with E-state index in [-0.39, 0.29) is 18.6 Å². The molecular formula is C18H14F3N3O2. The van der Waals surface area contributed by atoms with Crippen molar-refractivity contribution in [3.8, 4) is 11.8 Å². The lowest BCUT2D eigenvalue weighted by Gasteiger charge is -2.08. The highest BCUT2D eigenvalue weighted by Gasteiger charge is 2.30. The fraction of sp³-hybridized carbons (Fsp3) is 0.167. The zero-order chi connectivity index (χ0) is 19.0. The van der Waals surface area contributed by atoms with Gasteiger partial charge in [-0.3, -0.25) is 4.79 Å². The smallest absolute Gasteiger partial charge is 0.416 e. The molecule has 0 unspecified atom stereocenters. The fourth-order valence-electron chi connectivity index (χ4n) is 2.03. The number of halogens is 3. The second kappa shape index (κ2) is 8.67. The van der Waals surface area contributed by atoms with E-state index >= 15 is 0 Å². The molecule has 0 saturated carbocycles. The molecule has 0 aliphatic heterocycles. The minimum Gasteiger partial charge on any atom is -0.479 e. The molecule has 0 bridgehead atoms. The minimum atomic E-state index is -4.45. The van der Waals surface area contributed by atoms with Gasteiger partial charge in [0.2, 0.25) is 5.91 Å². The van der Waals surface area contributed by atoms with Crippen molar-refractivity contribution in [3.05, 3.63) is 65.2 Å². The Hall–Kier alpha value is -3.34. The number of nitriles is 1. The normalized spacial score (nSPS) is 11.2. The van der Waals surface area contributed by atoms with Gasteiger partial charge in [-0.25, -0.2) is 5.43 Å². The third-order valence-corrected chi connectivity index (χ3v) is 3.21. The summed E-state index contributed by atoms with van der Waals surface area (Å²) in [5.74, 6) is -0.00756. The van der Waals surface area contributed by atoms with Crippen molar-refractivity contribution in [2.24, 2.45) is 5.10 Å². The molecule has 0 aliphatic rings. The minimum absolute atomic E-state index is 0.0565. The van der Waals surface area contributed by atoms with Crippen LogP contribution in [-0.2, 0) is 17.4 Å². The third kappa shape index (κ3) is 5.94. The lowest BCUT2D eigenvalue weighted by atomic mass is 10.1. The maximum Gasteiger partial charge on any atom is 0.416 e. The Morgan fingerprint density at radius 3 is 2.62 bits per heavy atom. The SMILES string of the molecule is N#CCOc1ccc(C=NNC(=O)Cc2cccc(C(F)(F)F)c2)cc1. The van der Waals surface area contributed by atoms with Crippen LogP contribution in [-0.4, -0.2) is 18.7 Å². The van der Waals surface area contributed by atoms with E-state index in [2.05, 4.69) is 10.5 Å². The summed E-state index contributed by atoms with van der Waals surface area (Å²) in [6, 6.07) is 13.1. The number of ether oxygens (including phenoxy) is 1. The lowest BCUT2D eigenvalue weighted by molar-refractivity contribution is -0.137. The van der Waals surface area contributed by atoms with Crippen molar-refractivity contribution in [3.63, 3.8) is 0 Å². The summed E-state index contributed by atoms with van der Waals surface area (Å²) >= 11 is 0. The monoisotopic (exact) mass is 361 g/mol. The first-order valence-corrected chi connectivity index (χ1v) is 7.46. The third-order valence-electron chi connectivity index (χ3n) is 3.21. The van der Waals surface area contributed by atoms with Crippen molar-refractivity contribution >= 4 is 12.1 Å². The molecule has 1 amide bonds. The number of hydrogen-bond acceptors (Lipinski definition) is 4. The summed E-state index contributed by atoms with van der Waals surface area (Å²) in [5.41, 5.74) is 2.38. The molecule has 0 fully saturated rings. The molecule has 5 nitrogen and oxygen atoms in total. The van der Waals surface area contributed by atoms with Crippen LogP contribution in [0.15, 0.2) is 53.6 Å². The van der Waals surface area contributed by atoms with Gasteiger partial charge >= 0.3 is 6.18 Å². The highest BCUT2D eigenvalue weighted by molar-refractivity contribution is 5.83. The molecule has 0 atom stereocenters. The Morgan fingerprint density at radius 1 is 1.23 bits per heavy atom. The van der Waals surface area contributed by atoms with Crippen LogP contribution in [0.1, 0.15) is 16.7 Å². The Balaban J connectivity index is 1.88. The molecule has 0 aromatic heterocycles. The van der Waals surface area contributed by atoms with E-state index in [0.717, 1.165) is 12.1 Å². The molecule has 0 heterocycles. The lowest BCUT2D eigenvalue weighted by Crippen LogP contribution is -2.20. The number of amides is 1. The molecule has 0 spiro atoms. The van der Waals surface area contributed by atoms with Crippen molar-refractivity contribution in [1.82, 2.24) is 5.43 Å². The van der Waals surface area contributed by atoms with E-state index in [1.807, 2.05) is 6.07 Å². The van der Waals surface area contributed by atoms with Crippen LogP contribution in [0, 0.1) is 11.3 Å². The Labute approximate surface area is 147 Å². The van der Waals surface area contributed by atoms with Gasteiger partial charge in [-0.2, -0.15) is 23.5 Å². The van der Waals surface area contributed by atoms with E-state index in [1.54, 1.807) is 24.3 Å². The number of rotatable bonds is 6. The second-order valence-corrected chi connectivity index (χ2v) is 5.18. The number of nitrogens with zero attached hydrogens (tertiary/aromatic N) is 2. The van der Waals surface area contributed by atoms with Crippen molar-refractivity contribution < 1.29 is 22.7 Å². The molecule has 0 aliphatic carbocycles. The Kier molecular flexibility index (Phi) is 6.33. The number of hydrogen-bond donors (Lipinski definition) is 1. The van der Waals surface area contributed by atoms with Gasteiger partial charge in [-0.05, 0) is 41.5 Å². The van der Waals surface area contributed by atoms with E-state index in [1.165, 1.54) is 18.3 Å². The van der Waals surface area contributed by atoms with Gasteiger partial charge in [0.25, 0.3) is 0 Å². The number of carbonyl (C=O) groups excluding carboxylic acids is 1. The van der Waals surface area contributed by atoms with Crippen LogP contribution in [0.5, 0.6) is 5.75 Å². The van der Waals surface area contributed by atoms with Gasteiger partial charge in [-0.15, -0.1) is 0 Å². The summed E-state index contributed by atoms with van der Waals surface area (Å²) in [4.78, 5) is 11.8. The Morgan fingerprint density at radius 2 is 1.96 bits per heavy atom. The molecule has 1 N–H and O–H groups in total. The molecule has 0 saturated heterocycles. The zero-order valence-electron chi connectivity index (χ0n) is 13.5. The summed E-state index contributed by atoms with van der Waals surface area (Å²) in [6.07, 6.45) is -3.28. The van der Waals surface area contributed by atoms with Gasteiger partial charge in [0.05, 0.1) is 18.2 Å². The van der Waals surface area contributed by atoms with Crippen molar-refractivity contribution in [2.75, 3.05) is 6.61 Å². The first kappa shape index (κ1) is 19.0. The fourth-order valence-corrected chi connectivity index (χ4v) is 2.03. The molecule has 0 radical (unpaired) electrons. The van der Waals surface area contributed by atoms with E-state index < -0.39 is 17.6 Å². The summed E-state index contributed by atoms with van der Waals surface area (Å²) in [6.45, 7) is -0.0565. The molecule has 2 aromatic carbocycles. The molecule has 134 valence electrons. The van der Waals surface area contributed by atoms with Crippen LogP contribution >= 0.6 is 0 Å². The number of alkyl halides is 3. The van der Waals surface area contributed by atoms with Gasteiger partial charge in [0, 0.05) is 0 Å². The van der Waals surface area contributed by atoms with Crippen LogP contribution in [0.2, 0.25) is 0 Å². The highest BCUT2D eigenvalue weighted by atomic mass is 19.4. The zero-order valence-corrected chi connectivity index (χ0v) is 13.5. The van der Waals surface area contributed by atoms with Gasteiger partial charge < -0.3 is 4.74 Å². The van der Waals surface area contributed by atoms with Gasteiger partial charge in [0.15, 0.2) is 6.61 Å². The maximum absolute atomic E-state index is 12.6. The highest BCUT2D eigenvalue weighted by Crippen LogP contribution is 2.29. The predicted octanol–water partition coefficient (Wildman–Crippen LogP) is 3.30. The van der Waals surface area contributed by atoms with Crippen LogP contribution in [0.25, 0.3) is 0 Å². The molecule has 2 aromatic rings. The van der Waals surface area contributed by atoms with Crippen molar-refractivity contribution in [1.29, 1.82) is 5.26 Å².